The average molecular weight is 398 g/mol. The zero-order valence-electron chi connectivity index (χ0n) is 10.6. The van der Waals surface area contributed by atoms with Crippen LogP contribution in [0.15, 0.2) is 27.6 Å². The minimum Gasteiger partial charge on any atom is -0.392 e. The molecule has 1 atom stereocenters. The number of benzene rings is 1. The second-order valence-electron chi connectivity index (χ2n) is 4.61. The highest BCUT2D eigenvalue weighted by Crippen LogP contribution is 2.30. The smallest absolute Gasteiger partial charge is 0.243 e. The van der Waals surface area contributed by atoms with Crippen molar-refractivity contribution in [1.29, 1.82) is 0 Å². The molecule has 2 rings (SSSR count). The maximum atomic E-state index is 12.7. The van der Waals surface area contributed by atoms with E-state index >= 15 is 0 Å². The van der Waals surface area contributed by atoms with E-state index in [0.29, 0.717) is 22.5 Å². The Hall–Kier alpha value is -0.210. The summed E-state index contributed by atoms with van der Waals surface area (Å²) in [7, 11) is -3.62. The fourth-order valence-electron chi connectivity index (χ4n) is 2.25. The number of piperidine rings is 1. The highest BCUT2D eigenvalue weighted by molar-refractivity contribution is 9.10. The third-order valence-electron chi connectivity index (χ3n) is 3.28. The molecule has 1 aromatic rings. The number of hydrogen-bond acceptors (Lipinski definition) is 3. The topological polar surface area (TPSA) is 63.4 Å². The average Bonchev–Trinajstić information content (AvgIpc) is 2.41. The first kappa shape index (κ1) is 16.2. The van der Waals surface area contributed by atoms with Crippen molar-refractivity contribution in [3.05, 3.63) is 27.7 Å². The first-order valence-electron chi connectivity index (χ1n) is 6.10. The molecule has 1 aliphatic rings. The van der Waals surface area contributed by atoms with Crippen molar-refractivity contribution in [3.8, 4) is 0 Å². The van der Waals surface area contributed by atoms with Gasteiger partial charge in [0.05, 0.1) is 20.9 Å². The van der Waals surface area contributed by atoms with Gasteiger partial charge in [0.25, 0.3) is 0 Å². The van der Waals surface area contributed by atoms with E-state index in [1.165, 1.54) is 16.4 Å². The van der Waals surface area contributed by atoms with E-state index in [2.05, 4.69) is 15.9 Å². The van der Waals surface area contributed by atoms with Gasteiger partial charge in [-0.1, -0.05) is 30.2 Å². The summed E-state index contributed by atoms with van der Waals surface area (Å²) < 4.78 is 27.4. The Morgan fingerprint density at radius 3 is 2.75 bits per heavy atom. The van der Waals surface area contributed by atoms with Crippen LogP contribution in [0.5, 0.6) is 0 Å². The minimum absolute atomic E-state index is 0.192. The first-order valence-corrected chi connectivity index (χ1v) is 9.12. The van der Waals surface area contributed by atoms with Gasteiger partial charge < -0.3 is 5.73 Å². The van der Waals surface area contributed by atoms with Gasteiger partial charge in [-0.25, -0.2) is 8.42 Å². The Bertz CT molecular complexity index is 636. The van der Waals surface area contributed by atoms with E-state index < -0.39 is 16.1 Å². The largest absolute Gasteiger partial charge is 0.392 e. The summed E-state index contributed by atoms with van der Waals surface area (Å²) in [6.45, 7) is 0.435. The molecule has 0 amide bonds. The summed E-state index contributed by atoms with van der Waals surface area (Å²) in [6.07, 6.45) is 2.41. The molecule has 1 aromatic carbocycles. The van der Waals surface area contributed by atoms with Crippen LogP contribution in [0.1, 0.15) is 19.3 Å². The van der Waals surface area contributed by atoms with Crippen LogP contribution in [-0.4, -0.2) is 30.3 Å². The molecule has 1 aliphatic heterocycles. The van der Waals surface area contributed by atoms with E-state index in [1.54, 1.807) is 6.07 Å². The number of sulfonamides is 1. The monoisotopic (exact) mass is 396 g/mol. The molecule has 0 spiro atoms. The Kier molecular flexibility index (Phi) is 5.07. The van der Waals surface area contributed by atoms with Gasteiger partial charge in [0.15, 0.2) is 0 Å². The number of rotatable bonds is 3. The third kappa shape index (κ3) is 3.17. The van der Waals surface area contributed by atoms with E-state index in [1.807, 2.05) is 0 Å². The normalized spacial score (nSPS) is 20.8. The second kappa shape index (κ2) is 6.27. The maximum Gasteiger partial charge on any atom is 0.243 e. The lowest BCUT2D eigenvalue weighted by atomic mass is 10.1. The number of thiocarbonyl (C=S) groups is 1. The molecule has 1 unspecified atom stereocenters. The van der Waals surface area contributed by atoms with Gasteiger partial charge in [-0.2, -0.15) is 4.31 Å². The molecule has 0 aromatic heterocycles. The summed E-state index contributed by atoms with van der Waals surface area (Å²) in [5, 5.41) is 0.466. The zero-order chi connectivity index (χ0) is 14.9. The molecule has 20 heavy (non-hydrogen) atoms. The molecule has 0 bridgehead atoms. The molecule has 8 heteroatoms. The van der Waals surface area contributed by atoms with Gasteiger partial charge in [-0.15, -0.1) is 0 Å². The maximum absolute atomic E-state index is 12.7. The van der Waals surface area contributed by atoms with Crippen molar-refractivity contribution in [3.63, 3.8) is 0 Å². The number of hydrogen-bond donors (Lipinski definition) is 1. The van der Waals surface area contributed by atoms with Crippen LogP contribution in [-0.2, 0) is 10.0 Å². The predicted octanol–water partition coefficient (Wildman–Crippen LogP) is 2.93. The Labute approximate surface area is 137 Å². The summed E-state index contributed by atoms with van der Waals surface area (Å²) in [5.41, 5.74) is 5.68. The number of halogens is 2. The number of nitrogens with two attached hydrogens (primary N) is 1. The molecule has 110 valence electrons. The lowest BCUT2D eigenvalue weighted by Crippen LogP contribution is -2.49. The summed E-state index contributed by atoms with van der Waals surface area (Å²) in [4.78, 5) is 0.415. The van der Waals surface area contributed by atoms with Gasteiger partial charge in [0, 0.05) is 11.0 Å². The molecule has 1 fully saturated rings. The van der Waals surface area contributed by atoms with Crippen LogP contribution in [0.3, 0.4) is 0 Å². The fraction of sp³-hybridized carbons (Fsp3) is 0.417. The third-order valence-corrected chi connectivity index (χ3v) is 6.67. The fourth-order valence-corrected chi connectivity index (χ4v) is 4.91. The van der Waals surface area contributed by atoms with Crippen LogP contribution >= 0.6 is 39.7 Å². The van der Waals surface area contributed by atoms with Crippen molar-refractivity contribution in [2.24, 2.45) is 5.73 Å². The molecule has 0 saturated carbocycles. The highest BCUT2D eigenvalue weighted by Gasteiger charge is 2.35. The van der Waals surface area contributed by atoms with Crippen LogP contribution in [0.2, 0.25) is 5.02 Å². The SMILES string of the molecule is NC(=S)C1CCCCN1S(=O)(=O)c1ccc(Cl)c(Br)c1. The summed E-state index contributed by atoms with van der Waals surface area (Å²) in [6, 6.07) is 4.15. The summed E-state index contributed by atoms with van der Waals surface area (Å²) in [5.74, 6) is 0. The minimum atomic E-state index is -3.62. The zero-order valence-corrected chi connectivity index (χ0v) is 14.5. The van der Waals surface area contributed by atoms with Crippen molar-refractivity contribution in [2.75, 3.05) is 6.54 Å². The van der Waals surface area contributed by atoms with Crippen LogP contribution in [0.25, 0.3) is 0 Å². The van der Waals surface area contributed by atoms with Crippen molar-refractivity contribution in [2.45, 2.75) is 30.2 Å². The van der Waals surface area contributed by atoms with Gasteiger partial charge in [-0.05, 0) is 47.0 Å². The van der Waals surface area contributed by atoms with E-state index in [-0.39, 0.29) is 9.88 Å². The first-order chi connectivity index (χ1) is 9.34. The lowest BCUT2D eigenvalue weighted by Gasteiger charge is -2.33. The number of nitrogens with zero attached hydrogens (tertiary/aromatic N) is 1. The molecular weight excluding hydrogens is 384 g/mol. The van der Waals surface area contributed by atoms with Crippen LogP contribution in [0, 0.1) is 0 Å². The molecule has 1 saturated heterocycles. The Balaban J connectivity index is 2.42. The van der Waals surface area contributed by atoms with Gasteiger partial charge in [0.1, 0.15) is 0 Å². The molecule has 2 N–H and O–H groups in total. The molecular formula is C12H14BrClN2O2S2. The van der Waals surface area contributed by atoms with Crippen molar-refractivity contribution in [1.82, 2.24) is 4.31 Å². The van der Waals surface area contributed by atoms with E-state index in [9.17, 15) is 8.42 Å². The highest BCUT2D eigenvalue weighted by atomic mass is 79.9. The molecule has 4 nitrogen and oxygen atoms in total. The second-order valence-corrected chi connectivity index (χ2v) is 8.23. The Morgan fingerprint density at radius 2 is 2.15 bits per heavy atom. The van der Waals surface area contributed by atoms with Crippen molar-refractivity contribution >= 4 is 54.8 Å². The van der Waals surface area contributed by atoms with E-state index in [0.717, 1.165) is 12.8 Å². The van der Waals surface area contributed by atoms with Crippen LogP contribution in [0.4, 0.5) is 0 Å². The summed E-state index contributed by atoms with van der Waals surface area (Å²) >= 11 is 14.1. The quantitative estimate of drug-likeness (QED) is 0.797. The van der Waals surface area contributed by atoms with Crippen LogP contribution < -0.4 is 5.73 Å². The predicted molar refractivity (Wildman–Crippen MR) is 87.5 cm³/mol. The molecule has 0 aliphatic carbocycles. The van der Waals surface area contributed by atoms with Crippen molar-refractivity contribution < 1.29 is 8.42 Å². The van der Waals surface area contributed by atoms with Gasteiger partial charge in [0.2, 0.25) is 10.0 Å². The molecule has 0 radical (unpaired) electrons. The molecule has 1 heterocycles. The standard InChI is InChI=1S/C12H14BrClN2O2S2/c13-9-7-8(4-5-10(9)14)20(17,18)16-6-2-1-3-11(16)12(15)19/h4-5,7,11H,1-3,6H2,(H2,15,19). The van der Waals surface area contributed by atoms with E-state index in [4.69, 9.17) is 29.6 Å². The van der Waals surface area contributed by atoms with Gasteiger partial charge >= 0.3 is 0 Å². The lowest BCUT2D eigenvalue weighted by molar-refractivity contribution is 0.306. The Morgan fingerprint density at radius 1 is 1.45 bits per heavy atom. The van der Waals surface area contributed by atoms with Gasteiger partial charge in [-0.3, -0.25) is 0 Å².